The van der Waals surface area contributed by atoms with Gasteiger partial charge in [0.15, 0.2) is 17.0 Å². The molecule has 0 saturated heterocycles. The Kier molecular flexibility index (Phi) is 4.80. The molecule has 0 aromatic heterocycles. The van der Waals surface area contributed by atoms with E-state index in [-0.39, 0.29) is 22.4 Å². The first kappa shape index (κ1) is 21.0. The highest BCUT2D eigenvalue weighted by Gasteiger charge is 2.64. The van der Waals surface area contributed by atoms with Gasteiger partial charge in [0.05, 0.1) is 16.5 Å². The van der Waals surface area contributed by atoms with Gasteiger partial charge in [-0.2, -0.15) is 13.2 Å². The topological polar surface area (TPSA) is 46.5 Å². The van der Waals surface area contributed by atoms with Gasteiger partial charge in [-0.25, -0.2) is 4.40 Å². The molecule has 0 N–H and O–H groups in total. The number of nitrogens with zero attached hydrogens (tertiary/aromatic N) is 1. The van der Waals surface area contributed by atoms with Crippen LogP contribution in [0, 0.1) is 5.41 Å². The molecule has 1 atom stereocenters. The fraction of sp³-hybridized carbons (Fsp3) is 0.125. The maximum absolute atomic E-state index is 13.8. The van der Waals surface area contributed by atoms with E-state index in [4.69, 9.17) is 11.6 Å². The molecular weight excluding hydrogens is 459 g/mol. The number of carbonyl (C=O) groups is 2. The second kappa shape index (κ2) is 7.32. The minimum absolute atomic E-state index is 0.0414. The van der Waals surface area contributed by atoms with E-state index in [9.17, 15) is 22.8 Å². The van der Waals surface area contributed by atoms with Crippen molar-refractivity contribution in [1.82, 2.24) is 0 Å². The highest BCUT2D eigenvalue weighted by atomic mass is 35.5. The normalized spacial score (nSPS) is 19.4. The lowest BCUT2D eigenvalue weighted by Crippen LogP contribution is -2.43. The summed E-state index contributed by atoms with van der Waals surface area (Å²) in [5.41, 5.74) is -1.36. The van der Waals surface area contributed by atoms with E-state index < -0.39 is 34.0 Å². The van der Waals surface area contributed by atoms with Crippen molar-refractivity contribution in [3.05, 3.63) is 106 Å². The monoisotopic (exact) mass is 471 g/mol. The second-order valence-corrected chi connectivity index (χ2v) is 8.87. The zero-order valence-corrected chi connectivity index (χ0v) is 17.8. The molecule has 32 heavy (non-hydrogen) atoms. The Hall–Kier alpha value is -2.90. The number of ketones is 2. The molecule has 1 aliphatic heterocycles. The van der Waals surface area contributed by atoms with E-state index in [0.717, 1.165) is 24.1 Å². The Morgan fingerprint density at radius 1 is 0.875 bits per heavy atom. The van der Waals surface area contributed by atoms with Crippen LogP contribution >= 0.6 is 23.5 Å². The maximum Gasteiger partial charge on any atom is 0.416 e. The molecule has 0 radical (unpaired) electrons. The van der Waals surface area contributed by atoms with Gasteiger partial charge >= 0.3 is 6.18 Å². The number of Topliss-reactive ketones (excluding diaryl/α,β-unsaturated/α-hetero) is 2. The third kappa shape index (κ3) is 2.95. The van der Waals surface area contributed by atoms with Crippen LogP contribution in [0.4, 0.5) is 13.2 Å². The lowest BCUT2D eigenvalue weighted by atomic mass is 9.70. The lowest BCUT2D eigenvalue weighted by Gasteiger charge is -2.29. The summed E-state index contributed by atoms with van der Waals surface area (Å²) in [5.74, 6) is -0.918. The predicted octanol–water partition coefficient (Wildman–Crippen LogP) is 6.62. The van der Waals surface area contributed by atoms with Gasteiger partial charge in [0.1, 0.15) is 0 Å². The first-order chi connectivity index (χ1) is 15.2. The molecule has 0 fully saturated rings. The molecule has 0 bridgehead atoms. The number of halogens is 4. The van der Waals surface area contributed by atoms with Crippen molar-refractivity contribution in [1.29, 1.82) is 0 Å². The third-order valence-corrected chi connectivity index (χ3v) is 7.16. The standard InChI is InChI=1S/C24H13ClF3NO2S/c25-16-10-8-13(9-11-16)22-23(20(30)17-6-1-2-7-18(17)21(23)31)19(29-32-22)14-4-3-5-15(12-14)24(26,27)28/h1-12,22H. The summed E-state index contributed by atoms with van der Waals surface area (Å²) in [7, 11) is 0. The summed E-state index contributed by atoms with van der Waals surface area (Å²) in [6.07, 6.45) is -4.57. The largest absolute Gasteiger partial charge is 0.416 e. The lowest BCUT2D eigenvalue weighted by molar-refractivity contribution is -0.137. The number of carbonyl (C=O) groups excluding carboxylic acids is 2. The molecule has 8 heteroatoms. The van der Waals surface area contributed by atoms with E-state index >= 15 is 0 Å². The van der Waals surface area contributed by atoms with E-state index in [1.54, 1.807) is 48.5 Å². The molecule has 5 rings (SSSR count). The third-order valence-electron chi connectivity index (χ3n) is 5.78. The first-order valence-electron chi connectivity index (χ1n) is 9.60. The van der Waals surface area contributed by atoms with Crippen LogP contribution in [0.2, 0.25) is 5.02 Å². The SMILES string of the molecule is O=C1c2ccccc2C(=O)C12C(c1cccc(C(F)(F)F)c1)=NSC2c1ccc(Cl)cc1. The van der Waals surface area contributed by atoms with Crippen molar-refractivity contribution in [2.45, 2.75) is 11.4 Å². The van der Waals surface area contributed by atoms with Gasteiger partial charge in [-0.1, -0.05) is 60.1 Å². The highest BCUT2D eigenvalue weighted by molar-refractivity contribution is 7.99. The van der Waals surface area contributed by atoms with Crippen molar-refractivity contribution >= 4 is 40.8 Å². The Morgan fingerprint density at radius 2 is 1.50 bits per heavy atom. The number of alkyl halides is 3. The molecule has 1 spiro atoms. The Morgan fingerprint density at radius 3 is 2.09 bits per heavy atom. The van der Waals surface area contributed by atoms with Crippen molar-refractivity contribution in [2.75, 3.05) is 0 Å². The molecular formula is C24H13ClF3NO2S. The number of hydrogen-bond donors (Lipinski definition) is 0. The van der Waals surface area contributed by atoms with Crippen LogP contribution in [0.15, 0.2) is 77.2 Å². The molecule has 1 unspecified atom stereocenters. The molecule has 3 aromatic rings. The van der Waals surface area contributed by atoms with Gasteiger partial charge in [-0.15, -0.1) is 0 Å². The Bertz CT molecular complexity index is 1270. The van der Waals surface area contributed by atoms with Crippen LogP contribution in [0.3, 0.4) is 0 Å². The van der Waals surface area contributed by atoms with Crippen LogP contribution in [-0.2, 0) is 6.18 Å². The smallest absolute Gasteiger partial charge is 0.292 e. The van der Waals surface area contributed by atoms with Crippen LogP contribution < -0.4 is 0 Å². The Labute approximate surface area is 190 Å². The zero-order chi connectivity index (χ0) is 22.7. The molecule has 2 aliphatic rings. The average Bonchev–Trinajstić information content (AvgIpc) is 3.28. The van der Waals surface area contributed by atoms with E-state index in [1.807, 2.05) is 0 Å². The summed E-state index contributed by atoms with van der Waals surface area (Å²) in [6.45, 7) is 0. The number of rotatable bonds is 2. The van der Waals surface area contributed by atoms with E-state index in [1.165, 1.54) is 12.1 Å². The van der Waals surface area contributed by atoms with Crippen LogP contribution in [0.1, 0.15) is 42.7 Å². The van der Waals surface area contributed by atoms with Crippen LogP contribution in [0.5, 0.6) is 0 Å². The summed E-state index contributed by atoms with van der Waals surface area (Å²) < 4.78 is 44.6. The summed E-state index contributed by atoms with van der Waals surface area (Å²) >= 11 is 7.02. The molecule has 3 aromatic carbocycles. The maximum atomic E-state index is 13.8. The van der Waals surface area contributed by atoms with Gasteiger partial charge in [0.2, 0.25) is 0 Å². The number of fused-ring (bicyclic) bond motifs is 1. The van der Waals surface area contributed by atoms with Crippen LogP contribution in [0.25, 0.3) is 0 Å². The first-order valence-corrected chi connectivity index (χ1v) is 10.8. The van der Waals surface area contributed by atoms with Crippen molar-refractivity contribution < 1.29 is 22.8 Å². The molecule has 1 aliphatic carbocycles. The average molecular weight is 472 g/mol. The van der Waals surface area contributed by atoms with Crippen LogP contribution in [-0.4, -0.2) is 17.3 Å². The molecule has 3 nitrogen and oxygen atoms in total. The minimum atomic E-state index is -4.57. The van der Waals surface area contributed by atoms with Crippen molar-refractivity contribution in [3.63, 3.8) is 0 Å². The van der Waals surface area contributed by atoms with Crippen molar-refractivity contribution in [2.24, 2.45) is 9.81 Å². The fourth-order valence-electron chi connectivity index (χ4n) is 4.31. The summed E-state index contributed by atoms with van der Waals surface area (Å²) in [5, 5.41) is -0.256. The van der Waals surface area contributed by atoms with E-state index in [0.29, 0.717) is 10.6 Å². The number of hydrogen-bond acceptors (Lipinski definition) is 4. The van der Waals surface area contributed by atoms with Crippen molar-refractivity contribution in [3.8, 4) is 0 Å². The quantitative estimate of drug-likeness (QED) is 0.312. The molecule has 0 saturated carbocycles. The van der Waals surface area contributed by atoms with Gasteiger partial charge in [-0.05, 0) is 47.3 Å². The highest BCUT2D eigenvalue weighted by Crippen LogP contribution is 2.58. The number of benzene rings is 3. The fourth-order valence-corrected chi connectivity index (χ4v) is 5.66. The van der Waals surface area contributed by atoms with Gasteiger partial charge < -0.3 is 0 Å². The molecule has 1 heterocycles. The predicted molar refractivity (Wildman–Crippen MR) is 117 cm³/mol. The second-order valence-electron chi connectivity index (χ2n) is 7.57. The van der Waals surface area contributed by atoms with Gasteiger partial charge in [0, 0.05) is 16.1 Å². The summed E-state index contributed by atoms with van der Waals surface area (Å²) in [6, 6.07) is 17.7. The zero-order valence-electron chi connectivity index (χ0n) is 16.2. The van der Waals surface area contributed by atoms with Gasteiger partial charge in [0.25, 0.3) is 0 Å². The van der Waals surface area contributed by atoms with Gasteiger partial charge in [-0.3, -0.25) is 9.59 Å². The van der Waals surface area contributed by atoms with E-state index in [2.05, 4.69) is 4.40 Å². The molecule has 0 amide bonds. The Balaban J connectivity index is 1.73. The molecule has 160 valence electrons. The minimum Gasteiger partial charge on any atom is -0.292 e. The summed E-state index contributed by atoms with van der Waals surface area (Å²) in [4.78, 5) is 27.6.